The van der Waals surface area contributed by atoms with Gasteiger partial charge in [0, 0.05) is 31.7 Å². The molecule has 96 valence electrons. The molecule has 4 heteroatoms. The Kier molecular flexibility index (Phi) is 6.28. The Balaban J connectivity index is 1.87. The van der Waals surface area contributed by atoms with Crippen molar-refractivity contribution in [3.8, 4) is 0 Å². The lowest BCUT2D eigenvalue weighted by Crippen LogP contribution is -2.40. The minimum atomic E-state index is -0.0219. The van der Waals surface area contributed by atoms with E-state index in [1.165, 1.54) is 0 Å². The molecule has 0 saturated carbocycles. The van der Waals surface area contributed by atoms with Gasteiger partial charge < -0.3 is 15.8 Å². The van der Waals surface area contributed by atoms with Gasteiger partial charge in [-0.1, -0.05) is 0 Å². The molecule has 1 heterocycles. The van der Waals surface area contributed by atoms with Crippen LogP contribution in [0.4, 0.5) is 0 Å². The molecule has 4 nitrogen and oxygen atoms in total. The fraction of sp³-hybridized carbons (Fsp3) is 1.00. The predicted molar refractivity (Wildman–Crippen MR) is 67.6 cm³/mol. The lowest BCUT2D eigenvalue weighted by atomic mass is 10.0. The van der Waals surface area contributed by atoms with Gasteiger partial charge in [-0.2, -0.15) is 0 Å². The third-order valence-corrected chi connectivity index (χ3v) is 2.88. The highest BCUT2D eigenvalue weighted by Crippen LogP contribution is 2.05. The molecule has 0 aromatic heterocycles. The minimum absolute atomic E-state index is 0.0219. The Morgan fingerprint density at radius 3 is 2.56 bits per heavy atom. The van der Waals surface area contributed by atoms with Crippen LogP contribution in [0.25, 0.3) is 0 Å². The van der Waals surface area contributed by atoms with Crippen molar-refractivity contribution in [2.45, 2.75) is 32.2 Å². The molecule has 1 aliphatic rings. The number of nitrogens with two attached hydrogens (primary N) is 1. The van der Waals surface area contributed by atoms with Gasteiger partial charge in [-0.25, -0.2) is 0 Å². The SMILES string of the molecule is CC(C)(N)CCCNCCN1CCOCC1. The fourth-order valence-corrected chi connectivity index (χ4v) is 1.86. The monoisotopic (exact) mass is 229 g/mol. The zero-order valence-corrected chi connectivity index (χ0v) is 10.8. The van der Waals surface area contributed by atoms with E-state index in [1.54, 1.807) is 0 Å². The summed E-state index contributed by atoms with van der Waals surface area (Å²) in [6.07, 6.45) is 2.24. The molecule has 0 aromatic rings. The van der Waals surface area contributed by atoms with Crippen molar-refractivity contribution >= 4 is 0 Å². The Morgan fingerprint density at radius 1 is 1.25 bits per heavy atom. The van der Waals surface area contributed by atoms with E-state index in [2.05, 4.69) is 24.1 Å². The average molecular weight is 229 g/mol. The van der Waals surface area contributed by atoms with Gasteiger partial charge in [0.25, 0.3) is 0 Å². The summed E-state index contributed by atoms with van der Waals surface area (Å²) in [7, 11) is 0. The van der Waals surface area contributed by atoms with E-state index in [9.17, 15) is 0 Å². The number of hydrogen-bond donors (Lipinski definition) is 2. The fourth-order valence-electron chi connectivity index (χ4n) is 1.86. The normalized spacial score (nSPS) is 18.9. The Bertz CT molecular complexity index is 174. The van der Waals surface area contributed by atoms with Gasteiger partial charge in [0.1, 0.15) is 0 Å². The number of morpholine rings is 1. The first-order valence-corrected chi connectivity index (χ1v) is 6.38. The number of nitrogens with one attached hydrogen (secondary N) is 1. The number of rotatable bonds is 7. The maximum Gasteiger partial charge on any atom is 0.0594 e. The van der Waals surface area contributed by atoms with E-state index in [0.29, 0.717) is 0 Å². The molecule has 0 radical (unpaired) electrons. The highest BCUT2D eigenvalue weighted by molar-refractivity contribution is 4.71. The largest absolute Gasteiger partial charge is 0.379 e. The summed E-state index contributed by atoms with van der Waals surface area (Å²) in [5.74, 6) is 0. The van der Waals surface area contributed by atoms with Crippen LogP contribution in [0.15, 0.2) is 0 Å². The third kappa shape index (κ3) is 7.17. The van der Waals surface area contributed by atoms with Crippen LogP contribution < -0.4 is 11.1 Å². The predicted octanol–water partition coefficient (Wildman–Crippen LogP) is 0.426. The molecule has 0 amide bonds. The highest BCUT2D eigenvalue weighted by Gasteiger charge is 2.10. The quantitative estimate of drug-likeness (QED) is 0.622. The van der Waals surface area contributed by atoms with Crippen molar-refractivity contribution < 1.29 is 4.74 Å². The zero-order valence-electron chi connectivity index (χ0n) is 10.8. The summed E-state index contributed by atoms with van der Waals surface area (Å²) in [5, 5.41) is 3.47. The summed E-state index contributed by atoms with van der Waals surface area (Å²) < 4.78 is 5.31. The molecule has 0 bridgehead atoms. The molecule has 1 aliphatic heterocycles. The second-order valence-electron chi connectivity index (χ2n) is 5.30. The Labute approximate surface area is 99.5 Å². The van der Waals surface area contributed by atoms with Gasteiger partial charge in [-0.05, 0) is 33.2 Å². The van der Waals surface area contributed by atoms with Crippen molar-refractivity contribution in [1.82, 2.24) is 10.2 Å². The van der Waals surface area contributed by atoms with E-state index in [0.717, 1.165) is 58.8 Å². The van der Waals surface area contributed by atoms with Gasteiger partial charge in [-0.15, -0.1) is 0 Å². The van der Waals surface area contributed by atoms with E-state index < -0.39 is 0 Å². The van der Waals surface area contributed by atoms with Gasteiger partial charge in [-0.3, -0.25) is 4.90 Å². The maximum absolute atomic E-state index is 5.92. The summed E-state index contributed by atoms with van der Waals surface area (Å²) in [4.78, 5) is 2.45. The third-order valence-electron chi connectivity index (χ3n) is 2.88. The second kappa shape index (κ2) is 7.22. The van der Waals surface area contributed by atoms with Gasteiger partial charge in [0.15, 0.2) is 0 Å². The van der Waals surface area contributed by atoms with Crippen LogP contribution >= 0.6 is 0 Å². The first-order valence-electron chi connectivity index (χ1n) is 6.38. The van der Waals surface area contributed by atoms with Crippen molar-refractivity contribution in [2.75, 3.05) is 45.9 Å². The molecule has 1 fully saturated rings. The molecule has 3 N–H and O–H groups in total. The van der Waals surface area contributed by atoms with Gasteiger partial charge in [0.2, 0.25) is 0 Å². The summed E-state index contributed by atoms with van der Waals surface area (Å²) in [6, 6.07) is 0. The molecule has 0 aromatic carbocycles. The highest BCUT2D eigenvalue weighted by atomic mass is 16.5. The molecule has 16 heavy (non-hydrogen) atoms. The number of ether oxygens (including phenoxy) is 1. The first-order chi connectivity index (χ1) is 7.58. The molecule has 0 unspecified atom stereocenters. The molecule has 0 aliphatic carbocycles. The van der Waals surface area contributed by atoms with Crippen LogP contribution in [0.5, 0.6) is 0 Å². The van der Waals surface area contributed by atoms with Gasteiger partial charge >= 0.3 is 0 Å². The van der Waals surface area contributed by atoms with Crippen LogP contribution in [-0.4, -0.2) is 56.4 Å². The molecule has 0 atom stereocenters. The molecule has 1 saturated heterocycles. The minimum Gasteiger partial charge on any atom is -0.379 e. The average Bonchev–Trinajstić information content (AvgIpc) is 2.23. The second-order valence-corrected chi connectivity index (χ2v) is 5.30. The molecule has 0 spiro atoms. The summed E-state index contributed by atoms with van der Waals surface area (Å²) in [6.45, 7) is 11.4. The van der Waals surface area contributed by atoms with E-state index in [4.69, 9.17) is 10.5 Å². The molecule has 1 rings (SSSR count). The van der Waals surface area contributed by atoms with Crippen molar-refractivity contribution in [3.63, 3.8) is 0 Å². The van der Waals surface area contributed by atoms with Crippen molar-refractivity contribution in [1.29, 1.82) is 0 Å². The molecular formula is C12H27N3O. The van der Waals surface area contributed by atoms with Gasteiger partial charge in [0.05, 0.1) is 13.2 Å². The Hall–Kier alpha value is -0.160. The summed E-state index contributed by atoms with van der Waals surface area (Å²) >= 11 is 0. The van der Waals surface area contributed by atoms with E-state index in [-0.39, 0.29) is 5.54 Å². The molecular weight excluding hydrogens is 202 g/mol. The lowest BCUT2D eigenvalue weighted by Gasteiger charge is -2.26. The smallest absolute Gasteiger partial charge is 0.0594 e. The van der Waals surface area contributed by atoms with Crippen LogP contribution in [0.1, 0.15) is 26.7 Å². The van der Waals surface area contributed by atoms with Crippen LogP contribution in [0, 0.1) is 0 Å². The van der Waals surface area contributed by atoms with Crippen LogP contribution in [0.3, 0.4) is 0 Å². The number of hydrogen-bond acceptors (Lipinski definition) is 4. The van der Waals surface area contributed by atoms with E-state index >= 15 is 0 Å². The van der Waals surface area contributed by atoms with Crippen LogP contribution in [-0.2, 0) is 4.74 Å². The van der Waals surface area contributed by atoms with Crippen LogP contribution in [0.2, 0.25) is 0 Å². The first kappa shape index (κ1) is 13.9. The van der Waals surface area contributed by atoms with Crippen molar-refractivity contribution in [2.24, 2.45) is 5.73 Å². The van der Waals surface area contributed by atoms with Crippen molar-refractivity contribution in [3.05, 3.63) is 0 Å². The Morgan fingerprint density at radius 2 is 1.94 bits per heavy atom. The summed E-state index contributed by atoms with van der Waals surface area (Å²) in [5.41, 5.74) is 5.90. The topological polar surface area (TPSA) is 50.5 Å². The standard InChI is InChI=1S/C12H27N3O/c1-12(2,13)4-3-5-14-6-7-15-8-10-16-11-9-15/h14H,3-11,13H2,1-2H3. The zero-order chi connectivity index (χ0) is 11.9. The lowest BCUT2D eigenvalue weighted by molar-refractivity contribution is 0.0384. The van der Waals surface area contributed by atoms with E-state index in [1.807, 2.05) is 0 Å². The number of nitrogens with zero attached hydrogens (tertiary/aromatic N) is 1. The maximum atomic E-state index is 5.92.